The number of nitrogens with one attached hydrogen (secondary N) is 1. The summed E-state index contributed by atoms with van der Waals surface area (Å²) in [6, 6.07) is 10.8. The topological polar surface area (TPSA) is 85.6 Å². The molecule has 0 unspecified atom stereocenters. The van der Waals surface area contributed by atoms with Gasteiger partial charge in [0.2, 0.25) is 6.10 Å². The standard InChI is InChI=1S/C21H23NO5/c1-13(23)18-12-17(26-14(18)2)10-11-19(24)27-20(15-6-4-3-5-7-15)21(25)22-16-8-9-16/h3-7,12,16,20H,8-11H2,1-2H3,(H,22,25)/t20-/m1/s1. The first-order chi connectivity index (χ1) is 12.9. The maximum Gasteiger partial charge on any atom is 0.307 e. The number of furan rings is 1. The molecular weight excluding hydrogens is 346 g/mol. The van der Waals surface area contributed by atoms with Crippen molar-refractivity contribution in [3.8, 4) is 0 Å². The molecule has 0 spiro atoms. The van der Waals surface area contributed by atoms with Crippen molar-refractivity contribution in [3.63, 3.8) is 0 Å². The zero-order valence-electron chi connectivity index (χ0n) is 15.5. The highest BCUT2D eigenvalue weighted by atomic mass is 16.5. The Morgan fingerprint density at radius 3 is 2.52 bits per heavy atom. The van der Waals surface area contributed by atoms with Gasteiger partial charge in [-0.2, -0.15) is 0 Å². The number of benzene rings is 1. The second-order valence-corrected chi connectivity index (χ2v) is 6.80. The number of carbonyl (C=O) groups is 3. The van der Waals surface area contributed by atoms with E-state index in [0.717, 1.165) is 12.8 Å². The van der Waals surface area contributed by atoms with Crippen LogP contribution in [0.25, 0.3) is 0 Å². The molecule has 1 N–H and O–H groups in total. The van der Waals surface area contributed by atoms with Crippen molar-refractivity contribution in [3.05, 3.63) is 59.0 Å². The van der Waals surface area contributed by atoms with Gasteiger partial charge in [-0.25, -0.2) is 0 Å². The summed E-state index contributed by atoms with van der Waals surface area (Å²) in [4.78, 5) is 36.3. The van der Waals surface area contributed by atoms with Crippen LogP contribution in [0.15, 0.2) is 40.8 Å². The minimum absolute atomic E-state index is 0.0599. The molecule has 1 aromatic heterocycles. The SMILES string of the molecule is CC(=O)c1cc(CCC(=O)O[C@@H](C(=O)NC2CC2)c2ccccc2)oc1C. The van der Waals surface area contributed by atoms with E-state index in [9.17, 15) is 14.4 Å². The molecule has 0 aliphatic heterocycles. The minimum atomic E-state index is -0.967. The van der Waals surface area contributed by atoms with Gasteiger partial charge in [0.1, 0.15) is 11.5 Å². The van der Waals surface area contributed by atoms with Gasteiger partial charge in [-0.1, -0.05) is 30.3 Å². The van der Waals surface area contributed by atoms with Crippen LogP contribution in [-0.2, 0) is 20.7 Å². The Kier molecular flexibility index (Phi) is 5.74. The van der Waals surface area contributed by atoms with E-state index in [-0.39, 0.29) is 24.2 Å². The number of rotatable bonds is 8. The Morgan fingerprint density at radius 1 is 1.22 bits per heavy atom. The van der Waals surface area contributed by atoms with Gasteiger partial charge in [0.05, 0.1) is 12.0 Å². The zero-order valence-corrected chi connectivity index (χ0v) is 15.5. The molecular formula is C21H23NO5. The summed E-state index contributed by atoms with van der Waals surface area (Å²) in [5, 5.41) is 2.88. The van der Waals surface area contributed by atoms with E-state index in [1.807, 2.05) is 6.07 Å². The van der Waals surface area contributed by atoms with Crippen LogP contribution in [0.4, 0.5) is 0 Å². The van der Waals surface area contributed by atoms with E-state index >= 15 is 0 Å². The lowest BCUT2D eigenvalue weighted by Gasteiger charge is -2.18. The van der Waals surface area contributed by atoms with Crippen molar-refractivity contribution in [2.75, 3.05) is 0 Å². The van der Waals surface area contributed by atoms with E-state index in [2.05, 4.69) is 5.32 Å². The Hall–Kier alpha value is -2.89. The van der Waals surface area contributed by atoms with Crippen molar-refractivity contribution in [2.24, 2.45) is 0 Å². The Balaban J connectivity index is 1.62. The number of carbonyl (C=O) groups excluding carboxylic acids is 3. The highest BCUT2D eigenvalue weighted by Crippen LogP contribution is 2.24. The Morgan fingerprint density at radius 2 is 1.93 bits per heavy atom. The molecule has 1 saturated carbocycles. The first-order valence-corrected chi connectivity index (χ1v) is 9.09. The second kappa shape index (κ2) is 8.20. The van der Waals surface area contributed by atoms with Crippen molar-refractivity contribution in [1.82, 2.24) is 5.32 Å². The molecule has 6 nitrogen and oxygen atoms in total. The van der Waals surface area contributed by atoms with Crippen LogP contribution in [0.3, 0.4) is 0 Å². The van der Waals surface area contributed by atoms with E-state index in [1.54, 1.807) is 37.3 Å². The van der Waals surface area contributed by atoms with E-state index in [4.69, 9.17) is 9.15 Å². The smallest absolute Gasteiger partial charge is 0.307 e. The van der Waals surface area contributed by atoms with Crippen LogP contribution in [0.2, 0.25) is 0 Å². The van der Waals surface area contributed by atoms with E-state index in [0.29, 0.717) is 29.1 Å². The molecule has 0 radical (unpaired) electrons. The molecule has 1 atom stereocenters. The monoisotopic (exact) mass is 369 g/mol. The summed E-state index contributed by atoms with van der Waals surface area (Å²) in [7, 11) is 0. The fraction of sp³-hybridized carbons (Fsp3) is 0.381. The van der Waals surface area contributed by atoms with Gasteiger partial charge in [0.15, 0.2) is 5.78 Å². The zero-order chi connectivity index (χ0) is 19.4. The average Bonchev–Trinajstić information content (AvgIpc) is 3.37. The average molecular weight is 369 g/mol. The summed E-state index contributed by atoms with van der Waals surface area (Å²) in [6.45, 7) is 3.19. The predicted octanol–water partition coefficient (Wildman–Crippen LogP) is 3.29. The maximum absolute atomic E-state index is 12.5. The van der Waals surface area contributed by atoms with Crippen LogP contribution in [0.1, 0.15) is 59.7 Å². The third kappa shape index (κ3) is 5.06. The van der Waals surface area contributed by atoms with Crippen LogP contribution in [0, 0.1) is 6.92 Å². The molecule has 1 fully saturated rings. The molecule has 1 amide bonds. The molecule has 1 heterocycles. The lowest BCUT2D eigenvalue weighted by Crippen LogP contribution is -2.33. The summed E-state index contributed by atoms with van der Waals surface area (Å²) in [6.07, 6.45) is 1.31. The van der Waals surface area contributed by atoms with Gasteiger partial charge in [0.25, 0.3) is 5.91 Å². The molecule has 6 heteroatoms. The lowest BCUT2D eigenvalue weighted by molar-refractivity contribution is -0.156. The number of amides is 1. The lowest BCUT2D eigenvalue weighted by atomic mass is 10.1. The normalized spacial score (nSPS) is 14.4. The first-order valence-electron chi connectivity index (χ1n) is 9.09. The van der Waals surface area contributed by atoms with Crippen molar-refractivity contribution < 1.29 is 23.5 Å². The van der Waals surface area contributed by atoms with Gasteiger partial charge in [-0.3, -0.25) is 14.4 Å². The molecule has 0 saturated heterocycles. The van der Waals surface area contributed by atoms with Crippen molar-refractivity contribution in [1.29, 1.82) is 0 Å². The van der Waals surface area contributed by atoms with Crippen LogP contribution in [-0.4, -0.2) is 23.7 Å². The Bertz CT molecular complexity index is 836. The van der Waals surface area contributed by atoms with Gasteiger partial charge in [0, 0.05) is 18.0 Å². The molecule has 1 aromatic carbocycles. The molecule has 1 aliphatic rings. The first kappa shape index (κ1) is 18.9. The fourth-order valence-corrected chi connectivity index (χ4v) is 2.84. The van der Waals surface area contributed by atoms with Crippen LogP contribution >= 0.6 is 0 Å². The third-order valence-corrected chi connectivity index (χ3v) is 4.44. The second-order valence-electron chi connectivity index (χ2n) is 6.80. The number of ether oxygens (including phenoxy) is 1. The van der Waals surface area contributed by atoms with Crippen molar-refractivity contribution in [2.45, 2.75) is 51.7 Å². The summed E-state index contributed by atoms with van der Waals surface area (Å²) >= 11 is 0. The highest BCUT2D eigenvalue weighted by molar-refractivity contribution is 5.95. The predicted molar refractivity (Wildman–Crippen MR) is 98.2 cm³/mol. The number of hydrogen-bond donors (Lipinski definition) is 1. The molecule has 1 aliphatic carbocycles. The largest absolute Gasteiger partial charge is 0.466 e. The summed E-state index contributed by atoms with van der Waals surface area (Å²) in [5.41, 5.74) is 1.15. The number of Topliss-reactive ketones (excluding diaryl/α,β-unsaturated/α-hetero) is 1. The van der Waals surface area contributed by atoms with Crippen molar-refractivity contribution >= 4 is 17.7 Å². The molecule has 0 bridgehead atoms. The maximum atomic E-state index is 12.5. The van der Waals surface area contributed by atoms with Gasteiger partial charge < -0.3 is 14.5 Å². The van der Waals surface area contributed by atoms with Gasteiger partial charge in [-0.15, -0.1) is 0 Å². The fourth-order valence-electron chi connectivity index (χ4n) is 2.84. The third-order valence-electron chi connectivity index (χ3n) is 4.44. The van der Waals surface area contributed by atoms with Crippen LogP contribution < -0.4 is 5.32 Å². The van der Waals surface area contributed by atoms with E-state index in [1.165, 1.54) is 6.92 Å². The number of ketones is 1. The summed E-state index contributed by atoms with van der Waals surface area (Å²) in [5.74, 6) is 0.217. The highest BCUT2D eigenvalue weighted by Gasteiger charge is 2.30. The molecule has 142 valence electrons. The quantitative estimate of drug-likeness (QED) is 0.570. The molecule has 2 aromatic rings. The molecule has 3 rings (SSSR count). The summed E-state index contributed by atoms with van der Waals surface area (Å²) < 4.78 is 11.0. The van der Waals surface area contributed by atoms with Gasteiger partial charge >= 0.3 is 5.97 Å². The van der Waals surface area contributed by atoms with Gasteiger partial charge in [-0.05, 0) is 32.8 Å². The minimum Gasteiger partial charge on any atom is -0.466 e. The van der Waals surface area contributed by atoms with E-state index < -0.39 is 12.1 Å². The number of aryl methyl sites for hydroxylation is 2. The van der Waals surface area contributed by atoms with Crippen LogP contribution in [0.5, 0.6) is 0 Å². The number of hydrogen-bond acceptors (Lipinski definition) is 5. The Labute approximate surface area is 157 Å². The number of esters is 1. The molecule has 27 heavy (non-hydrogen) atoms.